The largest absolute Gasteiger partial charge is 0.482 e. The first kappa shape index (κ1) is 18.8. The fourth-order valence-electron chi connectivity index (χ4n) is 1.73. The summed E-state index contributed by atoms with van der Waals surface area (Å²) in [5.74, 6) is -0.0542. The molecule has 0 aliphatic heterocycles. The smallest absolute Gasteiger partial charge is 0.308 e. The van der Waals surface area contributed by atoms with Crippen LogP contribution in [0.25, 0.3) is 0 Å². The standard InChI is InChI=1S/C17H14Cl2N2O4/c1-11(22)25-14-5-2-12(3-6-14)9-20-21-17(23)10-24-16-7-4-13(18)8-15(16)19/h2-9H,10H2,1H3,(H,21,23)/b20-9-. The Bertz CT molecular complexity index is 792. The van der Waals surface area contributed by atoms with E-state index in [1.165, 1.54) is 19.2 Å². The van der Waals surface area contributed by atoms with E-state index in [9.17, 15) is 9.59 Å². The highest BCUT2D eigenvalue weighted by atomic mass is 35.5. The highest BCUT2D eigenvalue weighted by molar-refractivity contribution is 6.35. The summed E-state index contributed by atoms with van der Waals surface area (Å²) in [6.07, 6.45) is 1.45. The summed E-state index contributed by atoms with van der Waals surface area (Å²) in [5, 5.41) is 4.61. The molecule has 0 aliphatic carbocycles. The molecule has 0 bridgehead atoms. The minimum absolute atomic E-state index is 0.246. The van der Waals surface area contributed by atoms with Gasteiger partial charge < -0.3 is 9.47 Å². The molecule has 0 saturated carbocycles. The number of amides is 1. The van der Waals surface area contributed by atoms with E-state index in [0.29, 0.717) is 21.5 Å². The minimum Gasteiger partial charge on any atom is -0.482 e. The molecule has 0 radical (unpaired) electrons. The molecular weight excluding hydrogens is 367 g/mol. The van der Waals surface area contributed by atoms with E-state index >= 15 is 0 Å². The van der Waals surface area contributed by atoms with E-state index in [-0.39, 0.29) is 6.61 Å². The van der Waals surface area contributed by atoms with E-state index in [4.69, 9.17) is 32.7 Å². The molecule has 2 rings (SSSR count). The van der Waals surface area contributed by atoms with Gasteiger partial charge in [0.05, 0.1) is 11.2 Å². The van der Waals surface area contributed by atoms with Gasteiger partial charge in [-0.1, -0.05) is 23.2 Å². The average molecular weight is 381 g/mol. The number of halogens is 2. The number of nitrogens with zero attached hydrogens (tertiary/aromatic N) is 1. The first-order chi connectivity index (χ1) is 11.9. The van der Waals surface area contributed by atoms with Gasteiger partial charge in [-0.05, 0) is 48.0 Å². The quantitative estimate of drug-likeness (QED) is 0.360. The average Bonchev–Trinajstić information content (AvgIpc) is 2.55. The maximum Gasteiger partial charge on any atom is 0.308 e. The predicted molar refractivity (Wildman–Crippen MR) is 95.4 cm³/mol. The van der Waals surface area contributed by atoms with Crippen LogP contribution in [-0.4, -0.2) is 24.7 Å². The molecule has 0 aromatic heterocycles. The van der Waals surface area contributed by atoms with Crippen molar-refractivity contribution >= 4 is 41.3 Å². The first-order valence-electron chi connectivity index (χ1n) is 7.12. The maximum absolute atomic E-state index is 11.7. The SMILES string of the molecule is CC(=O)Oc1ccc(/C=N\NC(=O)COc2ccc(Cl)cc2Cl)cc1. The zero-order valence-corrected chi connectivity index (χ0v) is 14.7. The zero-order chi connectivity index (χ0) is 18.2. The van der Waals surface area contributed by atoms with Gasteiger partial charge in [-0.3, -0.25) is 9.59 Å². The molecule has 2 aromatic carbocycles. The van der Waals surface area contributed by atoms with Gasteiger partial charge >= 0.3 is 5.97 Å². The fraction of sp³-hybridized carbons (Fsp3) is 0.118. The summed E-state index contributed by atoms with van der Waals surface area (Å²) in [5.41, 5.74) is 3.05. The first-order valence-corrected chi connectivity index (χ1v) is 7.88. The van der Waals surface area contributed by atoms with Crippen LogP contribution >= 0.6 is 23.2 Å². The molecular formula is C17H14Cl2N2O4. The number of benzene rings is 2. The Morgan fingerprint density at radius 3 is 2.52 bits per heavy atom. The summed E-state index contributed by atoms with van der Waals surface area (Å²) in [4.78, 5) is 22.5. The number of rotatable bonds is 6. The number of hydrogen-bond acceptors (Lipinski definition) is 5. The molecule has 0 fully saturated rings. The maximum atomic E-state index is 11.7. The summed E-state index contributed by atoms with van der Waals surface area (Å²) in [7, 11) is 0. The molecule has 0 atom stereocenters. The van der Waals surface area contributed by atoms with Crippen molar-refractivity contribution in [3.8, 4) is 11.5 Å². The van der Waals surface area contributed by atoms with Crippen molar-refractivity contribution in [1.29, 1.82) is 0 Å². The Kier molecular flexibility index (Phi) is 6.80. The van der Waals surface area contributed by atoms with Crippen molar-refractivity contribution < 1.29 is 19.1 Å². The van der Waals surface area contributed by atoms with E-state index in [0.717, 1.165) is 5.56 Å². The minimum atomic E-state index is -0.446. The van der Waals surface area contributed by atoms with Crippen LogP contribution in [0.3, 0.4) is 0 Å². The number of hydrogen-bond donors (Lipinski definition) is 1. The Morgan fingerprint density at radius 2 is 1.88 bits per heavy atom. The summed E-state index contributed by atoms with van der Waals surface area (Å²) in [6.45, 7) is 1.08. The Morgan fingerprint density at radius 1 is 1.16 bits per heavy atom. The fourth-order valence-corrected chi connectivity index (χ4v) is 2.20. The topological polar surface area (TPSA) is 77.0 Å². The van der Waals surface area contributed by atoms with Crippen LogP contribution in [0.5, 0.6) is 11.5 Å². The molecule has 130 valence electrons. The monoisotopic (exact) mass is 380 g/mol. The van der Waals surface area contributed by atoms with Crippen LogP contribution in [0.1, 0.15) is 12.5 Å². The number of ether oxygens (including phenoxy) is 2. The van der Waals surface area contributed by atoms with Crippen LogP contribution in [0, 0.1) is 0 Å². The van der Waals surface area contributed by atoms with Crippen molar-refractivity contribution in [2.45, 2.75) is 6.92 Å². The second-order valence-electron chi connectivity index (χ2n) is 4.82. The summed E-state index contributed by atoms with van der Waals surface area (Å²) < 4.78 is 10.2. The Labute approximate surface area is 154 Å². The molecule has 8 heteroatoms. The number of carbonyl (C=O) groups is 2. The predicted octanol–water partition coefficient (Wildman–Crippen LogP) is 3.45. The Hall–Kier alpha value is -2.57. The third kappa shape index (κ3) is 6.45. The molecule has 0 unspecified atom stereocenters. The third-order valence-corrected chi connectivity index (χ3v) is 3.33. The van der Waals surface area contributed by atoms with Crippen LogP contribution < -0.4 is 14.9 Å². The molecule has 1 N–H and O–H groups in total. The number of esters is 1. The molecule has 0 heterocycles. The van der Waals surface area contributed by atoms with Gasteiger partial charge in [-0.25, -0.2) is 5.43 Å². The van der Waals surface area contributed by atoms with Gasteiger partial charge in [-0.15, -0.1) is 0 Å². The number of hydrazone groups is 1. The van der Waals surface area contributed by atoms with Crippen LogP contribution in [0.15, 0.2) is 47.6 Å². The summed E-state index contributed by atoms with van der Waals surface area (Å²) >= 11 is 11.7. The number of carbonyl (C=O) groups excluding carboxylic acids is 2. The number of nitrogens with one attached hydrogen (secondary N) is 1. The Balaban J connectivity index is 1.80. The highest BCUT2D eigenvalue weighted by Crippen LogP contribution is 2.27. The molecule has 6 nitrogen and oxygen atoms in total. The lowest BCUT2D eigenvalue weighted by Crippen LogP contribution is -2.24. The lowest BCUT2D eigenvalue weighted by Gasteiger charge is -2.07. The lowest BCUT2D eigenvalue weighted by molar-refractivity contribution is -0.131. The van der Waals surface area contributed by atoms with Gasteiger partial charge in [-0.2, -0.15) is 5.10 Å². The summed E-state index contributed by atoms with van der Waals surface area (Å²) in [6, 6.07) is 11.3. The van der Waals surface area contributed by atoms with Crippen molar-refractivity contribution in [1.82, 2.24) is 5.43 Å². The van der Waals surface area contributed by atoms with Gasteiger partial charge in [0.15, 0.2) is 6.61 Å². The van der Waals surface area contributed by atoms with E-state index in [1.807, 2.05) is 0 Å². The highest BCUT2D eigenvalue weighted by Gasteiger charge is 2.05. The molecule has 25 heavy (non-hydrogen) atoms. The van der Waals surface area contributed by atoms with Gasteiger partial charge in [0, 0.05) is 11.9 Å². The second kappa shape index (κ2) is 9.05. The van der Waals surface area contributed by atoms with Crippen molar-refractivity contribution in [3.05, 3.63) is 58.1 Å². The van der Waals surface area contributed by atoms with Crippen LogP contribution in [0.4, 0.5) is 0 Å². The molecule has 0 saturated heterocycles. The zero-order valence-electron chi connectivity index (χ0n) is 13.2. The van der Waals surface area contributed by atoms with Crippen LogP contribution in [-0.2, 0) is 9.59 Å². The van der Waals surface area contributed by atoms with E-state index < -0.39 is 11.9 Å². The van der Waals surface area contributed by atoms with Crippen LogP contribution in [0.2, 0.25) is 10.0 Å². The molecule has 2 aromatic rings. The lowest BCUT2D eigenvalue weighted by atomic mass is 10.2. The van der Waals surface area contributed by atoms with Crippen molar-refractivity contribution in [2.75, 3.05) is 6.61 Å². The third-order valence-electron chi connectivity index (χ3n) is 2.80. The molecule has 0 spiro atoms. The van der Waals surface area contributed by atoms with Crippen molar-refractivity contribution in [2.24, 2.45) is 5.10 Å². The van der Waals surface area contributed by atoms with Gasteiger partial charge in [0.25, 0.3) is 5.91 Å². The van der Waals surface area contributed by atoms with E-state index in [2.05, 4.69) is 10.5 Å². The van der Waals surface area contributed by atoms with Crippen molar-refractivity contribution in [3.63, 3.8) is 0 Å². The van der Waals surface area contributed by atoms with E-state index in [1.54, 1.807) is 36.4 Å². The molecule has 1 amide bonds. The molecule has 0 aliphatic rings. The van der Waals surface area contributed by atoms with Gasteiger partial charge in [0.2, 0.25) is 0 Å². The second-order valence-corrected chi connectivity index (χ2v) is 5.66. The normalized spacial score (nSPS) is 10.5. The van der Waals surface area contributed by atoms with Gasteiger partial charge in [0.1, 0.15) is 11.5 Å².